The number of esters is 1. The summed E-state index contributed by atoms with van der Waals surface area (Å²) in [5.41, 5.74) is -3.20. The van der Waals surface area contributed by atoms with Gasteiger partial charge in [-0.05, 0) is 73.9 Å². The Bertz CT molecular complexity index is 1420. The highest BCUT2D eigenvalue weighted by atomic mass is 32.2. The van der Waals surface area contributed by atoms with Gasteiger partial charge in [0, 0.05) is 23.4 Å². The van der Waals surface area contributed by atoms with Gasteiger partial charge in [0.15, 0.2) is 5.69 Å². The van der Waals surface area contributed by atoms with Crippen molar-refractivity contribution in [2.24, 2.45) is 5.92 Å². The fraction of sp³-hybridized carbons (Fsp3) is 0.423. The Morgan fingerprint density at radius 3 is 2.66 bits per heavy atom. The van der Waals surface area contributed by atoms with Crippen LogP contribution < -0.4 is 9.50 Å². The summed E-state index contributed by atoms with van der Waals surface area (Å²) >= 11 is 0. The first kappa shape index (κ1) is 27.4. The average molecular weight is 551 g/mol. The van der Waals surface area contributed by atoms with Crippen molar-refractivity contribution in [1.82, 2.24) is 0 Å². The van der Waals surface area contributed by atoms with Gasteiger partial charge < -0.3 is 14.2 Å². The van der Waals surface area contributed by atoms with Crippen LogP contribution in [-0.2, 0) is 42.7 Å². The molecule has 0 unspecified atom stereocenters. The van der Waals surface area contributed by atoms with Gasteiger partial charge in [-0.2, -0.15) is 21.6 Å². The first-order valence-corrected chi connectivity index (χ1v) is 13.4. The van der Waals surface area contributed by atoms with E-state index >= 15 is 0 Å². The molecule has 2 aromatic carbocycles. The van der Waals surface area contributed by atoms with Crippen LogP contribution in [0.25, 0.3) is 4.85 Å². The van der Waals surface area contributed by atoms with Crippen LogP contribution in [0.4, 0.5) is 24.5 Å². The van der Waals surface area contributed by atoms with Gasteiger partial charge in [0.25, 0.3) is 0 Å². The molecule has 8 nitrogen and oxygen atoms in total. The van der Waals surface area contributed by atoms with E-state index in [4.69, 9.17) is 11.3 Å². The van der Waals surface area contributed by atoms with Gasteiger partial charge >= 0.3 is 21.6 Å². The summed E-state index contributed by atoms with van der Waals surface area (Å²) < 4.78 is 70.4. The third-order valence-corrected chi connectivity index (χ3v) is 7.93. The number of halogens is 3. The van der Waals surface area contributed by atoms with Crippen molar-refractivity contribution < 1.29 is 40.1 Å². The maximum absolute atomic E-state index is 13.3. The Morgan fingerprint density at radius 2 is 1.97 bits per heavy atom. The van der Waals surface area contributed by atoms with E-state index in [0.717, 1.165) is 11.1 Å². The lowest BCUT2D eigenvalue weighted by atomic mass is 9.94. The molecular weight excluding hydrogens is 525 g/mol. The van der Waals surface area contributed by atoms with Crippen LogP contribution in [0, 0.1) is 12.5 Å². The molecule has 0 bridgehead atoms. The van der Waals surface area contributed by atoms with E-state index < -0.39 is 32.7 Å². The van der Waals surface area contributed by atoms with Crippen molar-refractivity contribution in [2.45, 2.75) is 56.4 Å². The van der Waals surface area contributed by atoms with Crippen molar-refractivity contribution in [3.05, 3.63) is 64.5 Å². The molecule has 2 aliphatic carbocycles. The quantitative estimate of drug-likeness (QED) is 0.199. The SMILES string of the molecule is [C-]#[N+]c1ccc(CCCC(=O)OCC)c(NC(=O)[C@@H]2C[C@]23CCc2ccc(OS(=O)(=O)C(F)(F)F)cc23)c1. The van der Waals surface area contributed by atoms with Gasteiger partial charge in [-0.3, -0.25) is 9.59 Å². The molecule has 38 heavy (non-hydrogen) atoms. The molecule has 202 valence electrons. The predicted octanol–water partition coefficient (Wildman–Crippen LogP) is 5.19. The van der Waals surface area contributed by atoms with Crippen molar-refractivity contribution in [1.29, 1.82) is 0 Å². The number of rotatable bonds is 9. The number of amides is 1. The molecule has 1 spiro atoms. The van der Waals surface area contributed by atoms with Crippen LogP contribution in [0.5, 0.6) is 5.75 Å². The summed E-state index contributed by atoms with van der Waals surface area (Å²) in [5, 5.41) is 2.89. The number of benzene rings is 2. The summed E-state index contributed by atoms with van der Waals surface area (Å²) in [6, 6.07) is 8.91. The third-order valence-electron chi connectivity index (χ3n) is 6.95. The van der Waals surface area contributed by atoms with E-state index in [9.17, 15) is 31.2 Å². The standard InChI is InChI=1S/C26H25F3N2O6S/c1-3-36-23(32)6-4-5-17-7-9-18(30-2)13-22(17)31-24(33)21-15-25(21)12-11-16-8-10-19(14-20(16)25)37-38(34,35)26(27,28)29/h7-10,13-14,21H,3-6,11-12,15H2,1H3,(H,31,33)/t21-,25-/m0/s1. The molecule has 2 aromatic rings. The van der Waals surface area contributed by atoms with Gasteiger partial charge in [0.2, 0.25) is 5.91 Å². The summed E-state index contributed by atoms with van der Waals surface area (Å²) in [4.78, 5) is 28.3. The number of hydrogen-bond acceptors (Lipinski definition) is 6. The minimum atomic E-state index is -5.82. The van der Waals surface area contributed by atoms with Crippen LogP contribution in [-0.4, -0.2) is 32.4 Å². The monoisotopic (exact) mass is 550 g/mol. The number of carbonyl (C=O) groups excluding carboxylic acids is 2. The molecule has 1 amide bonds. The minimum Gasteiger partial charge on any atom is -0.466 e. The molecule has 1 saturated carbocycles. The fourth-order valence-electron chi connectivity index (χ4n) is 5.02. The van der Waals surface area contributed by atoms with Crippen molar-refractivity contribution in [3.8, 4) is 5.75 Å². The second-order valence-electron chi connectivity index (χ2n) is 9.32. The lowest BCUT2D eigenvalue weighted by molar-refractivity contribution is -0.143. The Labute approximate surface area is 218 Å². The van der Waals surface area contributed by atoms with Crippen LogP contribution in [0.1, 0.15) is 49.3 Å². The van der Waals surface area contributed by atoms with Gasteiger partial charge in [0.1, 0.15) is 5.75 Å². The van der Waals surface area contributed by atoms with E-state index in [1.165, 1.54) is 18.2 Å². The number of nitrogens with one attached hydrogen (secondary N) is 1. The molecule has 12 heteroatoms. The Morgan fingerprint density at radius 1 is 1.21 bits per heavy atom. The average Bonchev–Trinajstić information content (AvgIpc) is 3.48. The molecule has 0 aromatic heterocycles. The number of aryl methyl sites for hydroxylation is 2. The molecule has 0 aliphatic heterocycles. The molecule has 1 N–H and O–H groups in total. The third kappa shape index (κ3) is 5.48. The lowest BCUT2D eigenvalue weighted by Gasteiger charge is -2.16. The number of nitrogens with zero attached hydrogens (tertiary/aromatic N) is 1. The predicted molar refractivity (Wildman–Crippen MR) is 131 cm³/mol. The van der Waals surface area contributed by atoms with Crippen LogP contribution in [0.15, 0.2) is 36.4 Å². The van der Waals surface area contributed by atoms with Gasteiger partial charge in [-0.1, -0.05) is 18.2 Å². The maximum atomic E-state index is 13.3. The normalized spacial score (nSPS) is 19.9. The summed E-state index contributed by atoms with van der Waals surface area (Å²) in [6.07, 6.45) is 2.80. The largest absolute Gasteiger partial charge is 0.534 e. The van der Waals surface area contributed by atoms with Crippen molar-refractivity contribution in [2.75, 3.05) is 11.9 Å². The molecule has 4 rings (SSSR count). The van der Waals surface area contributed by atoms with Gasteiger partial charge in [0.05, 0.1) is 13.2 Å². The first-order valence-electron chi connectivity index (χ1n) is 12.0. The molecule has 1 fully saturated rings. The molecule has 0 heterocycles. The van der Waals surface area contributed by atoms with E-state index in [1.807, 2.05) is 0 Å². The Balaban J connectivity index is 1.50. The summed E-state index contributed by atoms with van der Waals surface area (Å²) in [7, 11) is -5.82. The van der Waals surface area contributed by atoms with E-state index in [0.29, 0.717) is 49.0 Å². The molecule has 0 radical (unpaired) electrons. The Hall–Kier alpha value is -3.59. The second-order valence-corrected chi connectivity index (χ2v) is 10.9. The van der Waals surface area contributed by atoms with Crippen LogP contribution in [0.3, 0.4) is 0 Å². The first-order chi connectivity index (χ1) is 17.9. The van der Waals surface area contributed by atoms with Gasteiger partial charge in [-0.15, -0.1) is 0 Å². The number of alkyl halides is 3. The number of fused-ring (bicyclic) bond motifs is 2. The highest BCUT2D eigenvalue weighted by molar-refractivity contribution is 7.88. The number of carbonyl (C=O) groups is 2. The highest BCUT2D eigenvalue weighted by Crippen LogP contribution is 2.62. The van der Waals surface area contributed by atoms with Crippen LogP contribution in [0.2, 0.25) is 0 Å². The number of ether oxygens (including phenoxy) is 1. The summed E-state index contributed by atoms with van der Waals surface area (Å²) in [6.45, 7) is 9.30. The second kappa shape index (κ2) is 10.3. The van der Waals surface area contributed by atoms with Crippen LogP contribution >= 0.6 is 0 Å². The molecule has 0 saturated heterocycles. The molecular formula is C26H25F3N2O6S. The summed E-state index contributed by atoms with van der Waals surface area (Å²) in [5.74, 6) is -1.56. The maximum Gasteiger partial charge on any atom is 0.534 e. The topological polar surface area (TPSA) is 103 Å². The number of anilines is 1. The zero-order valence-electron chi connectivity index (χ0n) is 20.4. The lowest BCUT2D eigenvalue weighted by Crippen LogP contribution is -2.28. The highest BCUT2D eigenvalue weighted by Gasteiger charge is 2.61. The molecule has 2 aliphatic rings. The van der Waals surface area contributed by atoms with Gasteiger partial charge in [-0.25, -0.2) is 4.85 Å². The zero-order chi connectivity index (χ0) is 27.7. The zero-order valence-corrected chi connectivity index (χ0v) is 21.2. The fourth-order valence-corrected chi connectivity index (χ4v) is 5.47. The Kier molecular flexibility index (Phi) is 7.43. The molecule has 2 atom stereocenters. The van der Waals surface area contributed by atoms with Crippen molar-refractivity contribution >= 4 is 33.4 Å². The van der Waals surface area contributed by atoms with Crippen molar-refractivity contribution in [3.63, 3.8) is 0 Å². The number of hydrogen-bond donors (Lipinski definition) is 1. The van der Waals surface area contributed by atoms with E-state index in [-0.39, 0.29) is 24.9 Å². The van der Waals surface area contributed by atoms with E-state index in [2.05, 4.69) is 14.3 Å². The minimum absolute atomic E-state index is 0.211. The smallest absolute Gasteiger partial charge is 0.466 e. The van der Waals surface area contributed by atoms with E-state index in [1.54, 1.807) is 25.1 Å².